The lowest BCUT2D eigenvalue weighted by Crippen LogP contribution is -2.48. The molecule has 3 amide bonds. The summed E-state index contributed by atoms with van der Waals surface area (Å²) in [5.74, 6) is -3.00. The first-order valence-corrected chi connectivity index (χ1v) is 18.3. The average Bonchev–Trinajstić information content (AvgIpc) is 3.96. The summed E-state index contributed by atoms with van der Waals surface area (Å²) in [5, 5.41) is 25.0. The number of nitrogens with two attached hydrogens (primary N) is 1. The largest absolute Gasteiger partial charge is 0.480 e. The summed E-state index contributed by atoms with van der Waals surface area (Å²) >= 11 is 0. The molecule has 7 N–H and O–H groups in total. The van der Waals surface area contributed by atoms with Crippen molar-refractivity contribution in [2.45, 2.75) is 43.7 Å². The number of benzene rings is 4. The minimum atomic E-state index is -1.26. The Kier molecular flexibility index (Phi) is 14.5. The van der Waals surface area contributed by atoms with Crippen LogP contribution in [0.5, 0.6) is 0 Å². The van der Waals surface area contributed by atoms with Crippen LogP contribution in [0.1, 0.15) is 53.9 Å². The second-order valence-electron chi connectivity index (χ2n) is 13.2. The normalized spacial score (nSPS) is 14.4. The van der Waals surface area contributed by atoms with E-state index in [0.29, 0.717) is 0 Å². The van der Waals surface area contributed by atoms with Crippen molar-refractivity contribution in [3.05, 3.63) is 119 Å². The number of hydrogen-bond donors (Lipinski definition) is 6. The molecule has 0 spiro atoms. The number of fused-ring (bicyclic) bond motifs is 6. The van der Waals surface area contributed by atoms with Gasteiger partial charge in [0.05, 0.1) is 0 Å². The molecular formula is C42H46N4O10. The van der Waals surface area contributed by atoms with Crippen LogP contribution in [0, 0.1) is 0 Å². The second-order valence-corrected chi connectivity index (χ2v) is 13.2. The Balaban J connectivity index is 0.000000191. The van der Waals surface area contributed by atoms with Gasteiger partial charge in [-0.3, -0.25) is 4.79 Å². The molecule has 14 heteroatoms. The molecule has 14 nitrogen and oxygen atoms in total. The highest BCUT2D eigenvalue weighted by atomic mass is 16.6. The second kappa shape index (κ2) is 19.9. The number of carboxylic acid groups (broad SMARTS) is 2. The van der Waals surface area contributed by atoms with Crippen LogP contribution < -0.4 is 21.7 Å². The zero-order valence-corrected chi connectivity index (χ0v) is 30.9. The number of carbonyl (C=O) groups excluding carboxylic acids is 3. The van der Waals surface area contributed by atoms with Crippen LogP contribution in [0.3, 0.4) is 0 Å². The van der Waals surface area contributed by atoms with Crippen LogP contribution >= 0.6 is 0 Å². The molecule has 2 aliphatic carbocycles. The molecule has 0 radical (unpaired) electrons. The SMILES string of the molecule is C1CCOC1.CC(=O)NC[C@H](NC(=O)OCC1c2ccccc2-c2ccccc21)C(=O)O.NC[C@H](NC(=O)OCC1c2ccccc2-c2ccccc21)C(=O)O. The van der Waals surface area contributed by atoms with Gasteiger partial charge in [0, 0.05) is 45.1 Å². The average molecular weight is 767 g/mol. The van der Waals surface area contributed by atoms with Crippen molar-refractivity contribution in [1.82, 2.24) is 16.0 Å². The molecule has 56 heavy (non-hydrogen) atoms. The summed E-state index contributed by atoms with van der Waals surface area (Å²) < 4.78 is 15.5. The third-order valence-corrected chi connectivity index (χ3v) is 9.49. The van der Waals surface area contributed by atoms with Crippen LogP contribution in [0.2, 0.25) is 0 Å². The molecule has 1 aliphatic heterocycles. The smallest absolute Gasteiger partial charge is 0.407 e. The molecular weight excluding hydrogens is 720 g/mol. The van der Waals surface area contributed by atoms with Crippen LogP contribution in [0.15, 0.2) is 97.1 Å². The first-order valence-electron chi connectivity index (χ1n) is 18.3. The van der Waals surface area contributed by atoms with Gasteiger partial charge in [0.25, 0.3) is 0 Å². The Morgan fingerprint density at radius 3 is 1.30 bits per heavy atom. The molecule has 294 valence electrons. The Morgan fingerprint density at radius 1 is 0.643 bits per heavy atom. The molecule has 1 saturated heterocycles. The maximum absolute atomic E-state index is 12.1. The topological polar surface area (TPSA) is 216 Å². The molecule has 0 bridgehead atoms. The Labute approximate surface area is 324 Å². The summed E-state index contributed by atoms with van der Waals surface area (Å²) in [7, 11) is 0. The maximum Gasteiger partial charge on any atom is 0.407 e. The molecule has 0 unspecified atom stereocenters. The van der Waals surface area contributed by atoms with Crippen molar-refractivity contribution in [3.63, 3.8) is 0 Å². The number of rotatable bonds is 11. The zero-order valence-electron chi connectivity index (χ0n) is 30.9. The third kappa shape index (κ3) is 10.5. The fourth-order valence-electron chi connectivity index (χ4n) is 6.74. The summed E-state index contributed by atoms with van der Waals surface area (Å²) in [6, 6.07) is 29.4. The van der Waals surface area contributed by atoms with E-state index in [1.165, 1.54) is 19.8 Å². The van der Waals surface area contributed by atoms with E-state index in [4.69, 9.17) is 30.2 Å². The van der Waals surface area contributed by atoms with Gasteiger partial charge in [0.1, 0.15) is 25.3 Å². The standard InChI is InChI=1S/C20H20N2O5.C18H18N2O4.C4H8O/c1-12(23)21-10-18(19(24)25)22-20(26)27-11-17-15-8-4-2-6-13(15)14-7-3-5-9-16(14)17;19-9-16(17(21)22)20-18(23)24-10-15-13-7-3-1-5-11(13)12-6-2-4-8-14(12)15;1-2-4-5-3-1/h2-9,17-18H,10-11H2,1H3,(H,21,23)(H,22,26)(H,24,25);1-8,15-16H,9-10,19H2,(H,20,23)(H,21,22);1-4H2/t18-;16-;/m00./s1. The number of amides is 3. The quantitative estimate of drug-likeness (QED) is 0.121. The van der Waals surface area contributed by atoms with Crippen LogP contribution in [0.25, 0.3) is 22.3 Å². The van der Waals surface area contributed by atoms with E-state index in [2.05, 4.69) is 16.0 Å². The predicted molar refractivity (Wildman–Crippen MR) is 207 cm³/mol. The Morgan fingerprint density at radius 2 is 1.00 bits per heavy atom. The van der Waals surface area contributed by atoms with Gasteiger partial charge in [-0.05, 0) is 57.3 Å². The van der Waals surface area contributed by atoms with E-state index in [1.54, 1.807) is 0 Å². The lowest BCUT2D eigenvalue weighted by molar-refractivity contribution is -0.140. The van der Waals surface area contributed by atoms with Crippen molar-refractivity contribution in [2.75, 3.05) is 39.5 Å². The van der Waals surface area contributed by atoms with Gasteiger partial charge in [0.2, 0.25) is 5.91 Å². The molecule has 3 aliphatic rings. The molecule has 4 aromatic rings. The van der Waals surface area contributed by atoms with Gasteiger partial charge in [0.15, 0.2) is 0 Å². The van der Waals surface area contributed by atoms with E-state index in [9.17, 15) is 24.0 Å². The van der Waals surface area contributed by atoms with Gasteiger partial charge in [-0.2, -0.15) is 0 Å². The van der Waals surface area contributed by atoms with E-state index in [-0.39, 0.29) is 44.0 Å². The van der Waals surface area contributed by atoms with Crippen LogP contribution in [-0.2, 0) is 28.6 Å². The highest BCUT2D eigenvalue weighted by Gasteiger charge is 2.31. The molecule has 0 saturated carbocycles. The number of carbonyl (C=O) groups is 5. The zero-order chi connectivity index (χ0) is 40.0. The molecule has 7 rings (SSSR count). The van der Waals surface area contributed by atoms with E-state index >= 15 is 0 Å². The fraction of sp³-hybridized carbons (Fsp3) is 0.310. The number of hydrogen-bond acceptors (Lipinski definition) is 9. The molecule has 0 aromatic heterocycles. The first kappa shape index (κ1) is 40.9. The number of carboxylic acids is 2. The molecule has 1 heterocycles. The number of aliphatic carboxylic acids is 2. The van der Waals surface area contributed by atoms with Gasteiger partial charge in [-0.25, -0.2) is 19.2 Å². The minimum Gasteiger partial charge on any atom is -0.480 e. The molecule has 4 aromatic carbocycles. The van der Waals surface area contributed by atoms with E-state index in [1.807, 2.05) is 97.1 Å². The fourth-order valence-corrected chi connectivity index (χ4v) is 6.74. The summed E-state index contributed by atoms with van der Waals surface area (Å²) in [6.07, 6.45) is 0.935. The number of alkyl carbamates (subject to hydrolysis) is 2. The Hall–Kier alpha value is -6.25. The summed E-state index contributed by atoms with van der Waals surface area (Å²) in [6.45, 7) is 3.09. The van der Waals surface area contributed by atoms with Gasteiger partial charge < -0.3 is 46.1 Å². The Bertz CT molecular complexity index is 1920. The van der Waals surface area contributed by atoms with Crippen LogP contribution in [0.4, 0.5) is 9.59 Å². The monoisotopic (exact) mass is 766 g/mol. The van der Waals surface area contributed by atoms with Gasteiger partial charge >= 0.3 is 24.1 Å². The number of ether oxygens (including phenoxy) is 3. The predicted octanol–water partition coefficient (Wildman–Crippen LogP) is 4.85. The molecule has 2 atom stereocenters. The van der Waals surface area contributed by atoms with Crippen molar-refractivity contribution < 1.29 is 48.4 Å². The minimum absolute atomic E-state index is 0.0655. The summed E-state index contributed by atoms with van der Waals surface area (Å²) in [4.78, 5) is 57.0. The third-order valence-electron chi connectivity index (χ3n) is 9.49. The van der Waals surface area contributed by atoms with Gasteiger partial charge in [-0.15, -0.1) is 0 Å². The highest BCUT2D eigenvalue weighted by Crippen LogP contribution is 2.45. The maximum atomic E-state index is 12.1. The number of nitrogens with one attached hydrogen (secondary N) is 3. The molecule has 1 fully saturated rings. The lowest BCUT2D eigenvalue weighted by Gasteiger charge is -2.17. The first-order chi connectivity index (χ1) is 27.1. The van der Waals surface area contributed by atoms with Crippen LogP contribution in [-0.4, -0.2) is 91.8 Å². The van der Waals surface area contributed by atoms with E-state index < -0.39 is 36.2 Å². The van der Waals surface area contributed by atoms with Crippen molar-refractivity contribution in [2.24, 2.45) is 5.73 Å². The van der Waals surface area contributed by atoms with Crippen molar-refractivity contribution >= 4 is 30.0 Å². The van der Waals surface area contributed by atoms with Crippen molar-refractivity contribution in [1.29, 1.82) is 0 Å². The van der Waals surface area contributed by atoms with Gasteiger partial charge in [-0.1, -0.05) is 97.1 Å². The van der Waals surface area contributed by atoms with E-state index in [0.717, 1.165) is 57.7 Å². The summed E-state index contributed by atoms with van der Waals surface area (Å²) in [5.41, 5.74) is 14.1. The van der Waals surface area contributed by atoms with Crippen molar-refractivity contribution in [3.8, 4) is 22.3 Å². The highest BCUT2D eigenvalue weighted by molar-refractivity contribution is 5.83. The lowest BCUT2D eigenvalue weighted by atomic mass is 9.98.